The van der Waals surface area contributed by atoms with Crippen molar-refractivity contribution in [1.82, 2.24) is 24.6 Å². The number of hydrogen-bond donors (Lipinski definition) is 1. The Kier molecular flexibility index (Phi) is 6.55. The lowest BCUT2D eigenvalue weighted by molar-refractivity contribution is 0.105. The molecule has 3 heterocycles. The summed E-state index contributed by atoms with van der Waals surface area (Å²) in [6.07, 6.45) is -0.353. The fourth-order valence-electron chi connectivity index (χ4n) is 4.11. The van der Waals surface area contributed by atoms with E-state index in [0.717, 1.165) is 0 Å². The number of halogens is 3. The summed E-state index contributed by atoms with van der Waals surface area (Å²) in [6.45, 7) is 3.91. The van der Waals surface area contributed by atoms with Gasteiger partial charge in [0.2, 0.25) is 5.95 Å². The predicted octanol–water partition coefficient (Wildman–Crippen LogP) is 4.79. The standard InChI is InChI=1S/C24H22Cl2FN7O2/c1-2-36-24(35)33-11-9-32(10-12-33)23-29-20(15-5-3-4-6-18(15)27)19-21(28)34(31-22(19)30-23)14-7-8-16(25)17(26)13-14/h3-8,13H,2,9-12,28H2,1H3. The Morgan fingerprint density at radius 3 is 2.53 bits per heavy atom. The summed E-state index contributed by atoms with van der Waals surface area (Å²) in [5, 5.41) is 5.75. The van der Waals surface area contributed by atoms with Gasteiger partial charge in [-0.15, -0.1) is 5.10 Å². The monoisotopic (exact) mass is 529 g/mol. The number of carbonyl (C=O) groups is 1. The Hall–Kier alpha value is -3.63. The summed E-state index contributed by atoms with van der Waals surface area (Å²) in [5.74, 6) is 0.153. The number of anilines is 2. The molecule has 0 aliphatic carbocycles. The third-order valence-corrected chi connectivity index (χ3v) is 6.66. The van der Waals surface area contributed by atoms with Crippen LogP contribution in [0.25, 0.3) is 28.0 Å². The van der Waals surface area contributed by atoms with Gasteiger partial charge in [-0.05, 0) is 37.3 Å². The van der Waals surface area contributed by atoms with Crippen molar-refractivity contribution < 1.29 is 13.9 Å². The molecular weight excluding hydrogens is 508 g/mol. The number of amides is 1. The molecule has 2 N–H and O–H groups in total. The average molecular weight is 530 g/mol. The van der Waals surface area contributed by atoms with Crippen molar-refractivity contribution in [2.45, 2.75) is 6.92 Å². The number of nitrogen functional groups attached to an aromatic ring is 1. The Morgan fingerprint density at radius 1 is 1.08 bits per heavy atom. The highest BCUT2D eigenvalue weighted by atomic mass is 35.5. The van der Waals surface area contributed by atoms with Gasteiger partial charge in [0.05, 0.1) is 33.4 Å². The molecule has 1 aliphatic heterocycles. The molecular formula is C24H22Cl2FN7O2. The second-order valence-corrected chi connectivity index (χ2v) is 8.93. The molecule has 2 aromatic heterocycles. The molecule has 9 nitrogen and oxygen atoms in total. The van der Waals surface area contributed by atoms with Gasteiger partial charge in [0, 0.05) is 31.7 Å². The van der Waals surface area contributed by atoms with Crippen LogP contribution in [0.2, 0.25) is 10.0 Å². The highest BCUT2D eigenvalue weighted by Gasteiger charge is 2.27. The highest BCUT2D eigenvalue weighted by Crippen LogP contribution is 2.35. The molecule has 0 unspecified atom stereocenters. The Balaban J connectivity index is 1.61. The predicted molar refractivity (Wildman–Crippen MR) is 137 cm³/mol. The minimum atomic E-state index is -0.447. The van der Waals surface area contributed by atoms with E-state index in [1.54, 1.807) is 48.2 Å². The van der Waals surface area contributed by atoms with E-state index in [9.17, 15) is 9.18 Å². The fraction of sp³-hybridized carbons (Fsp3) is 0.250. The van der Waals surface area contributed by atoms with Gasteiger partial charge in [-0.1, -0.05) is 35.3 Å². The van der Waals surface area contributed by atoms with E-state index in [1.807, 2.05) is 4.90 Å². The fourth-order valence-corrected chi connectivity index (χ4v) is 4.40. The molecule has 5 rings (SSSR count). The van der Waals surface area contributed by atoms with Crippen molar-refractivity contribution >= 4 is 52.1 Å². The Morgan fingerprint density at radius 2 is 1.83 bits per heavy atom. The lowest BCUT2D eigenvalue weighted by Crippen LogP contribution is -2.49. The lowest BCUT2D eigenvalue weighted by Gasteiger charge is -2.34. The first-order valence-electron chi connectivity index (χ1n) is 11.3. The first-order chi connectivity index (χ1) is 17.4. The maximum atomic E-state index is 14.9. The second kappa shape index (κ2) is 9.79. The number of nitrogens with zero attached hydrogens (tertiary/aromatic N) is 6. The van der Waals surface area contributed by atoms with Crippen LogP contribution in [0.4, 0.5) is 21.0 Å². The number of benzene rings is 2. The molecule has 4 aromatic rings. The first kappa shape index (κ1) is 24.1. The zero-order chi connectivity index (χ0) is 25.4. The summed E-state index contributed by atoms with van der Waals surface area (Å²) in [7, 11) is 0. The molecule has 36 heavy (non-hydrogen) atoms. The van der Waals surface area contributed by atoms with Gasteiger partial charge in [0.15, 0.2) is 5.65 Å². The molecule has 1 fully saturated rings. The summed E-state index contributed by atoms with van der Waals surface area (Å²) < 4.78 is 21.5. The number of piperazine rings is 1. The third-order valence-electron chi connectivity index (χ3n) is 5.92. The van der Waals surface area contributed by atoms with Crippen LogP contribution in [0, 0.1) is 5.82 Å². The topological polar surface area (TPSA) is 102 Å². The molecule has 0 bridgehead atoms. The second-order valence-electron chi connectivity index (χ2n) is 8.12. The first-order valence-corrected chi connectivity index (χ1v) is 12.1. The van der Waals surface area contributed by atoms with Gasteiger partial charge >= 0.3 is 6.09 Å². The maximum absolute atomic E-state index is 14.9. The number of aromatic nitrogens is 4. The Labute approximate surface area is 216 Å². The Bertz CT molecular complexity index is 1450. The van der Waals surface area contributed by atoms with E-state index in [2.05, 4.69) is 10.1 Å². The quantitative estimate of drug-likeness (QED) is 0.405. The van der Waals surface area contributed by atoms with Crippen molar-refractivity contribution in [2.24, 2.45) is 0 Å². The number of carbonyl (C=O) groups excluding carboxylic acids is 1. The largest absolute Gasteiger partial charge is 0.450 e. The van der Waals surface area contributed by atoms with Gasteiger partial charge in [0.25, 0.3) is 0 Å². The summed E-state index contributed by atoms with van der Waals surface area (Å²) in [6, 6.07) is 11.3. The highest BCUT2D eigenvalue weighted by molar-refractivity contribution is 6.42. The van der Waals surface area contributed by atoms with Gasteiger partial charge in [-0.2, -0.15) is 4.98 Å². The lowest BCUT2D eigenvalue weighted by atomic mass is 10.1. The van der Waals surface area contributed by atoms with Crippen LogP contribution in [0.15, 0.2) is 42.5 Å². The van der Waals surface area contributed by atoms with Crippen LogP contribution in [0.5, 0.6) is 0 Å². The summed E-state index contributed by atoms with van der Waals surface area (Å²) >= 11 is 12.3. The van der Waals surface area contributed by atoms with Crippen LogP contribution in [-0.4, -0.2) is 63.5 Å². The van der Waals surface area contributed by atoms with Crippen molar-refractivity contribution in [3.8, 4) is 16.9 Å². The van der Waals surface area contributed by atoms with Crippen LogP contribution < -0.4 is 10.6 Å². The molecule has 186 valence electrons. The molecule has 0 atom stereocenters. The molecule has 0 saturated carbocycles. The van der Waals surface area contributed by atoms with E-state index in [4.69, 9.17) is 38.7 Å². The van der Waals surface area contributed by atoms with E-state index < -0.39 is 5.82 Å². The SMILES string of the molecule is CCOC(=O)N1CCN(c2nc(-c3ccccc3F)c3c(N)n(-c4ccc(Cl)c(Cl)c4)nc3n2)CC1. The summed E-state index contributed by atoms with van der Waals surface area (Å²) in [4.78, 5) is 25.0. The molecule has 1 aliphatic rings. The number of fused-ring (bicyclic) bond motifs is 1. The van der Waals surface area contributed by atoms with Crippen molar-refractivity contribution in [1.29, 1.82) is 0 Å². The average Bonchev–Trinajstić information content (AvgIpc) is 3.22. The van der Waals surface area contributed by atoms with Crippen molar-refractivity contribution in [3.63, 3.8) is 0 Å². The van der Waals surface area contributed by atoms with Crippen LogP contribution in [-0.2, 0) is 4.74 Å². The normalized spacial score (nSPS) is 13.9. The van der Waals surface area contributed by atoms with Crippen molar-refractivity contribution in [2.75, 3.05) is 43.4 Å². The van der Waals surface area contributed by atoms with Gasteiger partial charge < -0.3 is 20.3 Å². The van der Waals surface area contributed by atoms with E-state index >= 15 is 0 Å². The third kappa shape index (κ3) is 4.38. The molecule has 0 spiro atoms. The van der Waals surface area contributed by atoms with Crippen LogP contribution >= 0.6 is 23.2 Å². The molecule has 1 saturated heterocycles. The minimum Gasteiger partial charge on any atom is -0.450 e. The molecule has 2 aromatic carbocycles. The van der Waals surface area contributed by atoms with E-state index in [0.29, 0.717) is 71.2 Å². The number of hydrogen-bond acceptors (Lipinski definition) is 7. The number of rotatable bonds is 4. The molecule has 12 heteroatoms. The molecule has 1 amide bonds. The van der Waals surface area contributed by atoms with E-state index in [-0.39, 0.29) is 17.5 Å². The van der Waals surface area contributed by atoms with Crippen LogP contribution in [0.1, 0.15) is 6.92 Å². The zero-order valence-corrected chi connectivity index (χ0v) is 20.8. The maximum Gasteiger partial charge on any atom is 0.409 e. The van der Waals surface area contributed by atoms with Gasteiger partial charge in [-0.25, -0.2) is 18.9 Å². The van der Waals surface area contributed by atoms with Gasteiger partial charge in [-0.3, -0.25) is 0 Å². The number of ether oxygens (including phenoxy) is 1. The number of nitrogens with two attached hydrogens (primary N) is 1. The van der Waals surface area contributed by atoms with Crippen LogP contribution in [0.3, 0.4) is 0 Å². The van der Waals surface area contributed by atoms with Gasteiger partial charge in [0.1, 0.15) is 11.6 Å². The van der Waals surface area contributed by atoms with E-state index in [1.165, 1.54) is 10.7 Å². The summed E-state index contributed by atoms with van der Waals surface area (Å²) in [5.41, 5.74) is 7.98. The molecule has 0 radical (unpaired) electrons. The zero-order valence-electron chi connectivity index (χ0n) is 19.3. The van der Waals surface area contributed by atoms with Crippen molar-refractivity contribution in [3.05, 3.63) is 58.3 Å². The smallest absolute Gasteiger partial charge is 0.409 e. The minimum absolute atomic E-state index is 0.236.